The van der Waals surface area contributed by atoms with Gasteiger partial charge in [0.25, 0.3) is 0 Å². The Kier molecular flexibility index (Phi) is 8.09. The van der Waals surface area contributed by atoms with Crippen molar-refractivity contribution in [2.75, 3.05) is 0 Å². The Morgan fingerprint density at radius 1 is 0.312 bits per heavy atom. The Balaban J connectivity index is 0.987. The highest BCUT2D eigenvalue weighted by Gasteiger charge is 2.51. The maximum absolute atomic E-state index is 6.65. The highest BCUT2D eigenvalue weighted by atomic mass is 16.5. The van der Waals surface area contributed by atoms with Crippen molar-refractivity contribution in [3.63, 3.8) is 0 Å². The summed E-state index contributed by atoms with van der Waals surface area (Å²) in [6.45, 7) is 0. The van der Waals surface area contributed by atoms with Gasteiger partial charge in [-0.25, -0.2) is 15.0 Å². The number of hydrogen-bond acceptors (Lipinski definition) is 4. The molecule has 4 nitrogen and oxygen atoms in total. The van der Waals surface area contributed by atoms with Crippen molar-refractivity contribution >= 4 is 21.7 Å². The molecule has 0 fully saturated rings. The van der Waals surface area contributed by atoms with Crippen molar-refractivity contribution in [1.82, 2.24) is 15.0 Å². The van der Waals surface area contributed by atoms with Gasteiger partial charge in [0, 0.05) is 44.2 Å². The fraction of sp³-hybridized carbons (Fsp3) is 0.0167. The molecule has 2 aliphatic rings. The van der Waals surface area contributed by atoms with Crippen molar-refractivity contribution < 1.29 is 4.74 Å². The van der Waals surface area contributed by atoms with Crippen LogP contribution in [0.2, 0.25) is 0 Å². The predicted molar refractivity (Wildman–Crippen MR) is 259 cm³/mol. The van der Waals surface area contributed by atoms with E-state index in [0.29, 0.717) is 5.82 Å². The highest BCUT2D eigenvalue weighted by molar-refractivity contribution is 6.14. The molecule has 3 heterocycles. The zero-order valence-corrected chi connectivity index (χ0v) is 34.6. The lowest BCUT2D eigenvalue weighted by atomic mass is 9.66. The summed E-state index contributed by atoms with van der Waals surface area (Å²) in [5.74, 6) is 2.48. The molecule has 0 saturated heterocycles. The van der Waals surface area contributed by atoms with E-state index in [2.05, 4.69) is 188 Å². The first-order valence-corrected chi connectivity index (χ1v) is 21.8. The first kappa shape index (κ1) is 36.2. The van der Waals surface area contributed by atoms with E-state index in [4.69, 9.17) is 19.7 Å². The summed E-state index contributed by atoms with van der Waals surface area (Å²) < 4.78 is 6.65. The van der Waals surface area contributed by atoms with E-state index in [-0.39, 0.29) is 0 Å². The molecule has 0 bridgehead atoms. The lowest BCUT2D eigenvalue weighted by Gasteiger charge is -2.39. The number of hydrogen-bond donors (Lipinski definition) is 0. The van der Waals surface area contributed by atoms with E-state index in [9.17, 15) is 0 Å². The topological polar surface area (TPSA) is 47.9 Å². The van der Waals surface area contributed by atoms with Crippen LogP contribution in [0.15, 0.2) is 224 Å². The van der Waals surface area contributed by atoms with Gasteiger partial charge in [-0.1, -0.05) is 188 Å². The van der Waals surface area contributed by atoms with Gasteiger partial charge < -0.3 is 4.74 Å². The molecule has 0 radical (unpaired) electrons. The van der Waals surface area contributed by atoms with Crippen molar-refractivity contribution in [3.8, 4) is 78.9 Å². The number of ether oxygens (including phenoxy) is 1. The van der Waals surface area contributed by atoms with E-state index in [1.165, 1.54) is 27.6 Å². The van der Waals surface area contributed by atoms with Gasteiger partial charge in [0.05, 0.1) is 28.0 Å². The molecule has 0 N–H and O–H groups in total. The Bertz CT molecular complexity index is 3520. The molecule has 0 atom stereocenters. The van der Waals surface area contributed by atoms with Gasteiger partial charge in [-0.3, -0.25) is 0 Å². The van der Waals surface area contributed by atoms with E-state index in [1.807, 2.05) is 36.4 Å². The monoisotopic (exact) mass is 815 g/mol. The zero-order chi connectivity index (χ0) is 42.2. The van der Waals surface area contributed by atoms with Gasteiger partial charge in [-0.05, 0) is 75.2 Å². The lowest BCUT2D eigenvalue weighted by molar-refractivity contribution is 0.436. The second-order valence-electron chi connectivity index (χ2n) is 16.7. The second-order valence-corrected chi connectivity index (χ2v) is 16.7. The second kappa shape index (κ2) is 14.3. The van der Waals surface area contributed by atoms with Crippen LogP contribution in [0.5, 0.6) is 11.5 Å². The molecule has 4 heteroatoms. The number of nitrogens with zero attached hydrogens (tertiary/aromatic N) is 3. The van der Waals surface area contributed by atoms with Crippen LogP contribution >= 0.6 is 0 Å². The summed E-state index contributed by atoms with van der Waals surface area (Å²) >= 11 is 0. The standard InChI is InChI=1S/C60H37N3O/c1-4-16-39(17-5-1)53-37-54(63-59(62-53)42-20-8-3-9-21-42)40-30-28-38(29-31-40)43-32-33-45-46-36-52-47(35-48(46)58(61-55(45)34-43)41-18-6-2-7-19-41)44-22-10-11-23-49(44)60(52)50-24-12-14-26-56(50)64-57-27-15-13-25-51(57)60/h1-37H. The fourth-order valence-electron chi connectivity index (χ4n) is 10.2. The quantitative estimate of drug-likeness (QED) is 0.162. The number of pyridine rings is 1. The number of aromatic nitrogens is 3. The smallest absolute Gasteiger partial charge is 0.160 e. The van der Waals surface area contributed by atoms with Crippen LogP contribution in [0.3, 0.4) is 0 Å². The predicted octanol–water partition coefficient (Wildman–Crippen LogP) is 15.0. The minimum Gasteiger partial charge on any atom is -0.457 e. The molecule has 1 aliphatic carbocycles. The summed E-state index contributed by atoms with van der Waals surface area (Å²) in [6, 6.07) is 79.5. The molecule has 1 spiro atoms. The van der Waals surface area contributed by atoms with E-state index in [1.54, 1.807) is 0 Å². The van der Waals surface area contributed by atoms with E-state index in [0.717, 1.165) is 89.4 Å². The van der Waals surface area contributed by atoms with Crippen LogP contribution in [-0.4, -0.2) is 15.0 Å². The molecular weight excluding hydrogens is 779 g/mol. The summed E-state index contributed by atoms with van der Waals surface area (Å²) in [7, 11) is 0. The van der Waals surface area contributed by atoms with Crippen LogP contribution in [0.1, 0.15) is 22.3 Å². The van der Waals surface area contributed by atoms with E-state index >= 15 is 0 Å². The molecule has 2 aromatic heterocycles. The van der Waals surface area contributed by atoms with Gasteiger partial charge in [-0.2, -0.15) is 0 Å². The molecule has 1 aliphatic heterocycles. The maximum atomic E-state index is 6.65. The van der Waals surface area contributed by atoms with Gasteiger partial charge in [0.15, 0.2) is 5.82 Å². The van der Waals surface area contributed by atoms with Gasteiger partial charge in [0.1, 0.15) is 11.5 Å². The summed E-state index contributed by atoms with van der Waals surface area (Å²) in [6.07, 6.45) is 0. The number of rotatable bonds is 5. The third-order valence-corrected chi connectivity index (χ3v) is 13.1. The third kappa shape index (κ3) is 5.52. The van der Waals surface area contributed by atoms with Crippen LogP contribution in [0.25, 0.3) is 89.1 Å². The molecule has 0 unspecified atom stereocenters. The van der Waals surface area contributed by atoms with Gasteiger partial charge in [-0.15, -0.1) is 0 Å². The Morgan fingerprint density at radius 3 is 1.52 bits per heavy atom. The van der Waals surface area contributed by atoms with Crippen molar-refractivity contribution in [3.05, 3.63) is 247 Å². The van der Waals surface area contributed by atoms with Crippen LogP contribution in [0, 0.1) is 0 Å². The summed E-state index contributed by atoms with van der Waals surface area (Å²) in [5.41, 5.74) is 16.7. The maximum Gasteiger partial charge on any atom is 0.160 e. The molecule has 0 amide bonds. The summed E-state index contributed by atoms with van der Waals surface area (Å²) in [5, 5.41) is 3.41. The molecule has 64 heavy (non-hydrogen) atoms. The largest absolute Gasteiger partial charge is 0.457 e. The molecule has 13 rings (SSSR count). The van der Waals surface area contributed by atoms with Crippen molar-refractivity contribution in [2.45, 2.75) is 5.41 Å². The first-order valence-electron chi connectivity index (χ1n) is 21.8. The summed E-state index contributed by atoms with van der Waals surface area (Å²) in [4.78, 5) is 15.6. The Labute approximate surface area is 370 Å². The minimum absolute atomic E-state index is 0.566. The normalized spacial score (nSPS) is 12.9. The van der Waals surface area contributed by atoms with Crippen LogP contribution < -0.4 is 4.74 Å². The SMILES string of the molecule is c1ccc(-c2cc(-c3ccc(-c4ccc5c(c4)nc(-c4ccccc4)c4cc6c(cc45)C4(c5ccccc5Oc5ccccc54)c4ccccc4-6)cc3)nc(-c3ccccc3)n2)cc1. The average Bonchev–Trinajstić information content (AvgIpc) is 3.65. The van der Waals surface area contributed by atoms with Gasteiger partial charge >= 0.3 is 0 Å². The van der Waals surface area contributed by atoms with Crippen LogP contribution in [-0.2, 0) is 5.41 Å². The molecule has 9 aromatic carbocycles. The average molecular weight is 816 g/mol. The van der Waals surface area contributed by atoms with Gasteiger partial charge in [0.2, 0.25) is 0 Å². The Morgan fingerprint density at radius 2 is 0.844 bits per heavy atom. The minimum atomic E-state index is -0.566. The molecule has 0 saturated carbocycles. The fourth-order valence-corrected chi connectivity index (χ4v) is 10.2. The van der Waals surface area contributed by atoms with Crippen LogP contribution in [0.4, 0.5) is 0 Å². The molecule has 298 valence electrons. The highest BCUT2D eigenvalue weighted by Crippen LogP contribution is 2.62. The lowest BCUT2D eigenvalue weighted by Crippen LogP contribution is -2.32. The third-order valence-electron chi connectivity index (χ3n) is 13.1. The Hall–Kier alpha value is -8.47. The van der Waals surface area contributed by atoms with Crippen molar-refractivity contribution in [1.29, 1.82) is 0 Å². The number of fused-ring (bicyclic) bond motifs is 12. The molecular formula is C60H37N3O. The van der Waals surface area contributed by atoms with Crippen molar-refractivity contribution in [2.24, 2.45) is 0 Å². The van der Waals surface area contributed by atoms with E-state index < -0.39 is 5.41 Å². The first-order chi connectivity index (χ1) is 31.7. The number of para-hydroxylation sites is 2. The zero-order valence-electron chi connectivity index (χ0n) is 34.6. The number of benzene rings is 9. The molecule has 11 aromatic rings.